The van der Waals surface area contributed by atoms with Crippen molar-refractivity contribution >= 4 is 0 Å². The normalized spacial score (nSPS) is 13.6. The summed E-state index contributed by atoms with van der Waals surface area (Å²) in [6, 6.07) is 0. The highest BCUT2D eigenvalue weighted by molar-refractivity contribution is 4.94. The standard InChI is InChI=1S/C7H12F2/c1-4-5-7(8,9)6(2)3/h4-6H,1-3H3/b5-4-. The second-order valence-corrected chi connectivity index (χ2v) is 2.33. The summed E-state index contributed by atoms with van der Waals surface area (Å²) in [5.41, 5.74) is 0. The fourth-order valence-corrected chi connectivity index (χ4v) is 0.415. The SMILES string of the molecule is C/C=C\C(F)(F)C(C)C. The third kappa shape index (κ3) is 2.59. The van der Waals surface area contributed by atoms with E-state index in [1.807, 2.05) is 0 Å². The van der Waals surface area contributed by atoms with Crippen molar-refractivity contribution in [3.8, 4) is 0 Å². The van der Waals surface area contributed by atoms with Gasteiger partial charge < -0.3 is 0 Å². The molecule has 0 aromatic heterocycles. The van der Waals surface area contributed by atoms with Crippen molar-refractivity contribution in [2.75, 3.05) is 0 Å². The lowest BCUT2D eigenvalue weighted by Gasteiger charge is -2.14. The van der Waals surface area contributed by atoms with Crippen LogP contribution in [0.3, 0.4) is 0 Å². The Bertz CT molecular complexity index is 103. The first kappa shape index (κ1) is 8.60. The summed E-state index contributed by atoms with van der Waals surface area (Å²) in [5.74, 6) is -3.23. The zero-order chi connectivity index (χ0) is 7.49. The Kier molecular flexibility index (Phi) is 2.82. The van der Waals surface area contributed by atoms with E-state index in [4.69, 9.17) is 0 Å². The average molecular weight is 134 g/mol. The van der Waals surface area contributed by atoms with Gasteiger partial charge in [-0.2, -0.15) is 0 Å². The lowest BCUT2D eigenvalue weighted by Crippen LogP contribution is -2.19. The fourth-order valence-electron chi connectivity index (χ4n) is 0.415. The molecule has 0 aliphatic rings. The maximum absolute atomic E-state index is 12.5. The highest BCUT2D eigenvalue weighted by Crippen LogP contribution is 2.24. The molecule has 0 saturated carbocycles. The average Bonchev–Trinajstić information content (AvgIpc) is 1.65. The van der Waals surface area contributed by atoms with Crippen LogP contribution in [0.1, 0.15) is 20.8 Å². The molecular weight excluding hydrogens is 122 g/mol. The predicted octanol–water partition coefficient (Wildman–Crippen LogP) is 2.85. The van der Waals surface area contributed by atoms with E-state index >= 15 is 0 Å². The lowest BCUT2D eigenvalue weighted by molar-refractivity contribution is 0.00617. The number of hydrogen-bond acceptors (Lipinski definition) is 0. The molecule has 0 spiro atoms. The van der Waals surface area contributed by atoms with E-state index in [2.05, 4.69) is 0 Å². The van der Waals surface area contributed by atoms with Crippen LogP contribution in [0.2, 0.25) is 0 Å². The highest BCUT2D eigenvalue weighted by atomic mass is 19.3. The minimum atomic E-state index is -2.63. The van der Waals surface area contributed by atoms with Crippen LogP contribution < -0.4 is 0 Å². The Hall–Kier alpha value is -0.400. The molecule has 0 aliphatic heterocycles. The number of allylic oxidation sites excluding steroid dienone is 2. The molecule has 0 nitrogen and oxygen atoms in total. The molecule has 0 amide bonds. The maximum Gasteiger partial charge on any atom is 0.268 e. The zero-order valence-electron chi connectivity index (χ0n) is 5.99. The largest absolute Gasteiger partial charge is 0.268 e. The van der Waals surface area contributed by atoms with Crippen molar-refractivity contribution in [3.05, 3.63) is 12.2 Å². The van der Waals surface area contributed by atoms with Crippen molar-refractivity contribution in [2.24, 2.45) is 5.92 Å². The molecule has 0 atom stereocenters. The van der Waals surface area contributed by atoms with Crippen LogP contribution >= 0.6 is 0 Å². The molecule has 0 rings (SSSR count). The molecule has 0 fully saturated rings. The van der Waals surface area contributed by atoms with Crippen LogP contribution in [0.5, 0.6) is 0 Å². The summed E-state index contributed by atoms with van der Waals surface area (Å²) in [7, 11) is 0. The van der Waals surface area contributed by atoms with Gasteiger partial charge in [0, 0.05) is 5.92 Å². The van der Waals surface area contributed by atoms with E-state index in [9.17, 15) is 8.78 Å². The minimum absolute atomic E-state index is 0.603. The number of hydrogen-bond donors (Lipinski definition) is 0. The summed E-state index contributed by atoms with van der Waals surface area (Å²) in [6.07, 6.45) is 2.30. The van der Waals surface area contributed by atoms with Gasteiger partial charge in [0.25, 0.3) is 5.92 Å². The lowest BCUT2D eigenvalue weighted by atomic mass is 10.1. The van der Waals surface area contributed by atoms with E-state index in [1.54, 1.807) is 6.92 Å². The molecule has 0 unspecified atom stereocenters. The van der Waals surface area contributed by atoms with Crippen molar-refractivity contribution < 1.29 is 8.78 Å². The highest BCUT2D eigenvalue weighted by Gasteiger charge is 2.28. The summed E-state index contributed by atoms with van der Waals surface area (Å²) in [5, 5.41) is 0. The Labute approximate surface area is 54.6 Å². The molecule has 54 valence electrons. The van der Waals surface area contributed by atoms with E-state index in [-0.39, 0.29) is 0 Å². The van der Waals surface area contributed by atoms with Crippen LogP contribution in [-0.2, 0) is 0 Å². The Morgan fingerprint density at radius 2 is 1.78 bits per heavy atom. The van der Waals surface area contributed by atoms with Gasteiger partial charge in [0.2, 0.25) is 0 Å². The summed E-state index contributed by atoms with van der Waals surface area (Å²) in [4.78, 5) is 0. The molecule has 0 N–H and O–H groups in total. The Balaban J connectivity index is 4.01. The molecule has 0 heterocycles. The van der Waals surface area contributed by atoms with Gasteiger partial charge in [0.1, 0.15) is 0 Å². The van der Waals surface area contributed by atoms with E-state index in [0.717, 1.165) is 6.08 Å². The van der Waals surface area contributed by atoms with Crippen LogP contribution in [0, 0.1) is 5.92 Å². The predicted molar refractivity (Wildman–Crippen MR) is 34.6 cm³/mol. The van der Waals surface area contributed by atoms with Gasteiger partial charge in [0.15, 0.2) is 0 Å². The molecule has 9 heavy (non-hydrogen) atoms. The van der Waals surface area contributed by atoms with Gasteiger partial charge >= 0.3 is 0 Å². The quantitative estimate of drug-likeness (QED) is 0.509. The molecule has 0 aliphatic carbocycles. The van der Waals surface area contributed by atoms with Gasteiger partial charge in [-0.1, -0.05) is 19.9 Å². The zero-order valence-corrected chi connectivity index (χ0v) is 5.99. The molecule has 0 radical (unpaired) electrons. The monoisotopic (exact) mass is 134 g/mol. The van der Waals surface area contributed by atoms with Gasteiger partial charge in [-0.15, -0.1) is 0 Å². The van der Waals surface area contributed by atoms with Gasteiger partial charge in [-0.3, -0.25) is 0 Å². The van der Waals surface area contributed by atoms with Crippen molar-refractivity contribution in [1.82, 2.24) is 0 Å². The first-order chi connectivity index (χ1) is 4.00. The van der Waals surface area contributed by atoms with Crippen LogP contribution in [0.4, 0.5) is 8.78 Å². The maximum atomic E-state index is 12.5. The summed E-state index contributed by atoms with van der Waals surface area (Å²) >= 11 is 0. The summed E-state index contributed by atoms with van der Waals surface area (Å²) in [6.45, 7) is 4.59. The van der Waals surface area contributed by atoms with E-state index in [1.165, 1.54) is 19.9 Å². The molecular formula is C7H12F2. The van der Waals surface area contributed by atoms with Crippen LogP contribution in [0.25, 0.3) is 0 Å². The fraction of sp³-hybridized carbons (Fsp3) is 0.714. The number of halogens is 2. The van der Waals surface area contributed by atoms with E-state index in [0.29, 0.717) is 0 Å². The smallest absolute Gasteiger partial charge is 0.202 e. The van der Waals surface area contributed by atoms with Crippen molar-refractivity contribution in [3.63, 3.8) is 0 Å². The Morgan fingerprint density at radius 3 is 1.89 bits per heavy atom. The number of alkyl halides is 2. The van der Waals surface area contributed by atoms with Crippen molar-refractivity contribution in [1.29, 1.82) is 0 Å². The summed E-state index contributed by atoms with van der Waals surface area (Å²) < 4.78 is 24.9. The first-order valence-corrected chi connectivity index (χ1v) is 3.02. The van der Waals surface area contributed by atoms with Gasteiger partial charge in [-0.25, -0.2) is 8.78 Å². The van der Waals surface area contributed by atoms with Gasteiger partial charge in [-0.05, 0) is 13.0 Å². The number of rotatable bonds is 2. The van der Waals surface area contributed by atoms with Crippen LogP contribution in [-0.4, -0.2) is 5.92 Å². The Morgan fingerprint density at radius 1 is 1.33 bits per heavy atom. The second kappa shape index (κ2) is 2.95. The van der Waals surface area contributed by atoms with Gasteiger partial charge in [0.05, 0.1) is 0 Å². The van der Waals surface area contributed by atoms with Crippen molar-refractivity contribution in [2.45, 2.75) is 26.7 Å². The molecule has 0 bridgehead atoms. The molecule has 0 aromatic carbocycles. The first-order valence-electron chi connectivity index (χ1n) is 3.02. The molecule has 0 saturated heterocycles. The molecule has 0 aromatic rings. The third-order valence-electron chi connectivity index (χ3n) is 1.16. The second-order valence-electron chi connectivity index (χ2n) is 2.33. The topological polar surface area (TPSA) is 0 Å². The van der Waals surface area contributed by atoms with Crippen LogP contribution in [0.15, 0.2) is 12.2 Å². The van der Waals surface area contributed by atoms with E-state index < -0.39 is 11.8 Å². The minimum Gasteiger partial charge on any atom is -0.202 e. The molecule has 2 heteroatoms. The third-order valence-corrected chi connectivity index (χ3v) is 1.16.